The average molecular weight is 401 g/mol. The fourth-order valence-electron chi connectivity index (χ4n) is 6.67. The SMILES string of the molecule is C=C1CC[C@@H](O)C/C1=C/C=C1\CCC[C@@]2(C)[C@@H]1CC[C@@H]2[C@H](C)CCCC(C)(C)O. The second-order valence-electron chi connectivity index (χ2n) is 11.2. The van der Waals surface area contributed by atoms with E-state index in [1.807, 2.05) is 13.8 Å². The fraction of sp³-hybridized carbons (Fsp3) is 0.778. The van der Waals surface area contributed by atoms with Crippen molar-refractivity contribution in [2.45, 2.75) is 110 Å². The minimum absolute atomic E-state index is 0.192. The van der Waals surface area contributed by atoms with Crippen LogP contribution in [0.5, 0.6) is 0 Å². The van der Waals surface area contributed by atoms with Gasteiger partial charge in [-0.1, -0.05) is 56.6 Å². The summed E-state index contributed by atoms with van der Waals surface area (Å²) in [4.78, 5) is 0. The zero-order valence-electron chi connectivity index (χ0n) is 19.3. The molecule has 5 atom stereocenters. The average Bonchev–Trinajstić information content (AvgIpc) is 2.99. The van der Waals surface area contributed by atoms with Gasteiger partial charge in [-0.25, -0.2) is 0 Å². The van der Waals surface area contributed by atoms with Gasteiger partial charge >= 0.3 is 0 Å². The van der Waals surface area contributed by atoms with Crippen LogP contribution in [0.1, 0.15) is 98.3 Å². The highest BCUT2D eigenvalue weighted by Crippen LogP contribution is 2.60. The smallest absolute Gasteiger partial charge is 0.0591 e. The molecule has 0 unspecified atom stereocenters. The second kappa shape index (κ2) is 9.10. The van der Waals surface area contributed by atoms with Crippen molar-refractivity contribution >= 4 is 0 Å². The Morgan fingerprint density at radius 2 is 1.97 bits per heavy atom. The van der Waals surface area contributed by atoms with Crippen LogP contribution in [-0.2, 0) is 0 Å². The zero-order valence-corrected chi connectivity index (χ0v) is 19.3. The second-order valence-corrected chi connectivity index (χ2v) is 11.2. The molecule has 2 heteroatoms. The largest absolute Gasteiger partial charge is 0.393 e. The lowest BCUT2D eigenvalue weighted by Crippen LogP contribution is -2.36. The molecule has 3 fully saturated rings. The molecule has 3 rings (SSSR count). The lowest BCUT2D eigenvalue weighted by molar-refractivity contribution is 0.0596. The number of rotatable bonds is 6. The summed E-state index contributed by atoms with van der Waals surface area (Å²) >= 11 is 0. The number of hydrogen-bond acceptors (Lipinski definition) is 2. The van der Waals surface area contributed by atoms with E-state index in [1.54, 1.807) is 5.57 Å². The van der Waals surface area contributed by atoms with Crippen LogP contribution in [0.4, 0.5) is 0 Å². The first kappa shape index (κ1) is 22.8. The van der Waals surface area contributed by atoms with Gasteiger partial charge in [0.05, 0.1) is 11.7 Å². The summed E-state index contributed by atoms with van der Waals surface area (Å²) in [6.07, 6.45) is 16.9. The first-order valence-corrected chi connectivity index (χ1v) is 12.1. The molecule has 3 saturated carbocycles. The lowest BCUT2D eigenvalue weighted by Gasteiger charge is -2.44. The predicted octanol–water partition coefficient (Wildman–Crippen LogP) is 6.73. The quantitative estimate of drug-likeness (QED) is 0.518. The maximum absolute atomic E-state index is 10.0. The van der Waals surface area contributed by atoms with Crippen LogP contribution in [0, 0.1) is 23.2 Å². The van der Waals surface area contributed by atoms with Crippen LogP contribution < -0.4 is 0 Å². The molecule has 29 heavy (non-hydrogen) atoms. The Bertz CT molecular complexity index is 650. The van der Waals surface area contributed by atoms with E-state index in [4.69, 9.17) is 0 Å². The van der Waals surface area contributed by atoms with E-state index in [1.165, 1.54) is 49.7 Å². The van der Waals surface area contributed by atoms with Crippen LogP contribution in [0.15, 0.2) is 35.5 Å². The van der Waals surface area contributed by atoms with Crippen LogP contribution in [-0.4, -0.2) is 21.9 Å². The highest BCUT2D eigenvalue weighted by molar-refractivity contribution is 5.36. The zero-order chi connectivity index (χ0) is 21.2. The first-order chi connectivity index (χ1) is 13.6. The van der Waals surface area contributed by atoms with Gasteiger partial charge < -0.3 is 10.2 Å². The summed E-state index contributed by atoms with van der Waals surface area (Å²) in [5.74, 6) is 2.26. The minimum atomic E-state index is -0.535. The molecule has 0 heterocycles. The van der Waals surface area contributed by atoms with Gasteiger partial charge in [-0.3, -0.25) is 0 Å². The van der Waals surface area contributed by atoms with Gasteiger partial charge in [0.2, 0.25) is 0 Å². The Morgan fingerprint density at radius 3 is 2.69 bits per heavy atom. The van der Waals surface area contributed by atoms with Gasteiger partial charge in [0.25, 0.3) is 0 Å². The van der Waals surface area contributed by atoms with E-state index in [0.717, 1.165) is 49.9 Å². The Hall–Kier alpha value is -0.860. The third-order valence-corrected chi connectivity index (χ3v) is 8.36. The van der Waals surface area contributed by atoms with Crippen molar-refractivity contribution in [2.75, 3.05) is 0 Å². The van der Waals surface area contributed by atoms with E-state index in [-0.39, 0.29) is 6.10 Å². The van der Waals surface area contributed by atoms with Crippen LogP contribution in [0.3, 0.4) is 0 Å². The summed E-state index contributed by atoms with van der Waals surface area (Å²) in [5.41, 5.74) is 4.02. The molecular weight excluding hydrogens is 356 g/mol. The molecule has 0 aromatic carbocycles. The van der Waals surface area contributed by atoms with Gasteiger partial charge in [0.15, 0.2) is 0 Å². The van der Waals surface area contributed by atoms with Crippen LogP contribution in [0.25, 0.3) is 0 Å². The van der Waals surface area contributed by atoms with Crippen molar-refractivity contribution in [1.82, 2.24) is 0 Å². The van der Waals surface area contributed by atoms with Gasteiger partial charge in [-0.15, -0.1) is 0 Å². The number of allylic oxidation sites excluding steroid dienone is 4. The first-order valence-electron chi connectivity index (χ1n) is 12.1. The molecule has 0 radical (unpaired) electrons. The number of aliphatic hydroxyl groups is 2. The van der Waals surface area contributed by atoms with Crippen LogP contribution in [0.2, 0.25) is 0 Å². The molecule has 0 aromatic heterocycles. The summed E-state index contributed by atoms with van der Waals surface area (Å²) in [7, 11) is 0. The molecule has 0 amide bonds. The highest BCUT2D eigenvalue weighted by Gasteiger charge is 2.50. The third kappa shape index (κ3) is 5.44. The Kier molecular flexibility index (Phi) is 7.16. The van der Waals surface area contributed by atoms with Crippen LogP contribution >= 0.6 is 0 Å². The molecule has 3 aliphatic rings. The summed E-state index contributed by atoms with van der Waals surface area (Å²) in [5, 5.41) is 20.1. The van der Waals surface area contributed by atoms with E-state index < -0.39 is 5.60 Å². The molecule has 0 bridgehead atoms. The number of hydrogen-bond donors (Lipinski definition) is 2. The Balaban J connectivity index is 1.68. The van der Waals surface area contributed by atoms with E-state index in [0.29, 0.717) is 5.41 Å². The normalized spacial score (nSPS) is 37.2. The van der Waals surface area contributed by atoms with Crippen molar-refractivity contribution in [2.24, 2.45) is 23.2 Å². The van der Waals surface area contributed by atoms with Gasteiger partial charge in [0.1, 0.15) is 0 Å². The van der Waals surface area contributed by atoms with Crippen molar-refractivity contribution < 1.29 is 10.2 Å². The summed E-state index contributed by atoms with van der Waals surface area (Å²) in [6.45, 7) is 13.1. The summed E-state index contributed by atoms with van der Waals surface area (Å²) in [6, 6.07) is 0. The lowest BCUT2D eigenvalue weighted by atomic mass is 9.60. The van der Waals surface area contributed by atoms with Gasteiger partial charge in [-0.2, -0.15) is 0 Å². The highest BCUT2D eigenvalue weighted by atomic mass is 16.3. The topological polar surface area (TPSA) is 40.5 Å². The molecule has 0 saturated heterocycles. The standard InChI is InChI=1S/C27H44O2/c1-19-10-13-23(28)18-22(19)12-11-21-9-7-17-27(5)24(14-15-25(21)27)20(2)8-6-16-26(3,4)29/h11-12,20,23-25,28-29H,1,6-10,13-18H2,2-5H3/b21-11+,22-12-/t20-,23-,24-,25-,27-/m1/s1. The molecule has 164 valence electrons. The minimum Gasteiger partial charge on any atom is -0.393 e. The summed E-state index contributed by atoms with van der Waals surface area (Å²) < 4.78 is 0. The Morgan fingerprint density at radius 1 is 1.21 bits per heavy atom. The fourth-order valence-corrected chi connectivity index (χ4v) is 6.67. The van der Waals surface area contributed by atoms with E-state index in [2.05, 4.69) is 32.6 Å². The molecule has 0 spiro atoms. The van der Waals surface area contributed by atoms with E-state index in [9.17, 15) is 10.2 Å². The van der Waals surface area contributed by atoms with Gasteiger partial charge in [-0.05, 0) is 100 Å². The third-order valence-electron chi connectivity index (χ3n) is 8.36. The Labute approximate surface area is 179 Å². The van der Waals surface area contributed by atoms with Crippen molar-refractivity contribution in [3.8, 4) is 0 Å². The number of aliphatic hydroxyl groups excluding tert-OH is 1. The maximum Gasteiger partial charge on any atom is 0.0591 e. The van der Waals surface area contributed by atoms with E-state index >= 15 is 0 Å². The predicted molar refractivity (Wildman–Crippen MR) is 123 cm³/mol. The van der Waals surface area contributed by atoms with Crippen molar-refractivity contribution in [1.29, 1.82) is 0 Å². The van der Waals surface area contributed by atoms with Crippen molar-refractivity contribution in [3.63, 3.8) is 0 Å². The maximum atomic E-state index is 10.0. The monoisotopic (exact) mass is 400 g/mol. The molecular formula is C27H44O2. The molecule has 3 aliphatic carbocycles. The molecule has 0 aliphatic heterocycles. The molecule has 0 aromatic rings. The number of fused-ring (bicyclic) bond motifs is 1. The molecule has 2 nitrogen and oxygen atoms in total. The van der Waals surface area contributed by atoms with Crippen molar-refractivity contribution in [3.05, 3.63) is 35.5 Å². The molecule has 2 N–H and O–H groups in total. The van der Waals surface area contributed by atoms with Gasteiger partial charge in [0, 0.05) is 0 Å².